The molecule has 2 aromatic carbocycles. The van der Waals surface area contributed by atoms with Crippen LogP contribution in [-0.2, 0) is 17.1 Å². The normalized spacial score (nSPS) is 13.2. The largest absolute Gasteiger partial charge is 0.481 e. The third kappa shape index (κ3) is 5.60. The Bertz CT molecular complexity index is 781. The first-order chi connectivity index (χ1) is 12.4. The zero-order valence-corrected chi connectivity index (χ0v) is 13.6. The summed E-state index contributed by atoms with van der Waals surface area (Å²) in [6.07, 6.45) is -11.5. The van der Waals surface area contributed by atoms with E-state index in [9.17, 15) is 35.5 Å². The van der Waals surface area contributed by atoms with Crippen molar-refractivity contribution in [2.45, 2.75) is 25.4 Å². The number of anilines is 1. The van der Waals surface area contributed by atoms with Crippen molar-refractivity contribution in [2.24, 2.45) is 0 Å². The summed E-state index contributed by atoms with van der Waals surface area (Å²) in [4.78, 5) is 12.0. The van der Waals surface area contributed by atoms with Gasteiger partial charge in [0.25, 0.3) is 5.91 Å². The van der Waals surface area contributed by atoms with E-state index in [0.717, 1.165) is 19.1 Å². The molecular formula is C17H12F7NO2. The van der Waals surface area contributed by atoms with E-state index < -0.39 is 47.1 Å². The van der Waals surface area contributed by atoms with Crippen molar-refractivity contribution in [3.05, 3.63) is 59.4 Å². The van der Waals surface area contributed by atoms with Crippen LogP contribution in [0.15, 0.2) is 42.5 Å². The van der Waals surface area contributed by atoms with Crippen molar-refractivity contribution in [1.29, 1.82) is 0 Å². The third-order valence-electron chi connectivity index (χ3n) is 3.36. The van der Waals surface area contributed by atoms with Gasteiger partial charge < -0.3 is 10.1 Å². The first-order valence-corrected chi connectivity index (χ1v) is 7.39. The Balaban J connectivity index is 2.21. The molecule has 10 heteroatoms. The lowest BCUT2D eigenvalue weighted by atomic mass is 10.1. The van der Waals surface area contributed by atoms with E-state index >= 15 is 0 Å². The van der Waals surface area contributed by atoms with Gasteiger partial charge in [-0.05, 0) is 49.4 Å². The van der Waals surface area contributed by atoms with Crippen LogP contribution in [0.3, 0.4) is 0 Å². The van der Waals surface area contributed by atoms with Crippen LogP contribution in [-0.4, -0.2) is 12.0 Å². The smallest absolute Gasteiger partial charge is 0.416 e. The highest BCUT2D eigenvalue weighted by molar-refractivity contribution is 5.94. The molecule has 0 aliphatic heterocycles. The van der Waals surface area contributed by atoms with Crippen LogP contribution in [0.4, 0.5) is 36.4 Å². The predicted octanol–water partition coefficient (Wildman–Crippen LogP) is 5.27. The quantitative estimate of drug-likeness (QED) is 0.717. The summed E-state index contributed by atoms with van der Waals surface area (Å²) in [6, 6.07) is 5.27. The van der Waals surface area contributed by atoms with Gasteiger partial charge in [0.1, 0.15) is 11.6 Å². The monoisotopic (exact) mass is 395 g/mol. The van der Waals surface area contributed by atoms with E-state index in [4.69, 9.17) is 4.74 Å². The maximum atomic E-state index is 12.8. The molecule has 27 heavy (non-hydrogen) atoms. The molecular weight excluding hydrogens is 383 g/mol. The molecule has 0 bridgehead atoms. The van der Waals surface area contributed by atoms with Crippen LogP contribution in [0.1, 0.15) is 18.1 Å². The minimum Gasteiger partial charge on any atom is -0.481 e. The van der Waals surface area contributed by atoms with Crippen molar-refractivity contribution >= 4 is 11.6 Å². The highest BCUT2D eigenvalue weighted by Crippen LogP contribution is 2.38. The molecule has 0 radical (unpaired) electrons. The summed E-state index contributed by atoms with van der Waals surface area (Å²) in [6.45, 7) is 1.15. The second-order valence-electron chi connectivity index (χ2n) is 5.50. The van der Waals surface area contributed by atoms with Gasteiger partial charge in [0.2, 0.25) is 0 Å². The number of nitrogens with one attached hydrogen (secondary N) is 1. The third-order valence-corrected chi connectivity index (χ3v) is 3.36. The topological polar surface area (TPSA) is 38.3 Å². The van der Waals surface area contributed by atoms with Crippen molar-refractivity contribution in [3.63, 3.8) is 0 Å². The van der Waals surface area contributed by atoms with Crippen molar-refractivity contribution in [1.82, 2.24) is 0 Å². The van der Waals surface area contributed by atoms with Crippen LogP contribution >= 0.6 is 0 Å². The fourth-order valence-corrected chi connectivity index (χ4v) is 2.03. The first-order valence-electron chi connectivity index (χ1n) is 7.39. The van der Waals surface area contributed by atoms with Gasteiger partial charge in [-0.25, -0.2) is 4.39 Å². The maximum absolute atomic E-state index is 12.8. The minimum atomic E-state index is -5.03. The van der Waals surface area contributed by atoms with Gasteiger partial charge in [-0.2, -0.15) is 26.3 Å². The lowest BCUT2D eigenvalue weighted by Gasteiger charge is -2.18. The van der Waals surface area contributed by atoms with E-state index in [2.05, 4.69) is 5.32 Å². The molecule has 2 aromatic rings. The predicted molar refractivity (Wildman–Crippen MR) is 81.6 cm³/mol. The summed E-state index contributed by atoms with van der Waals surface area (Å²) in [7, 11) is 0. The van der Waals surface area contributed by atoms with Crippen molar-refractivity contribution in [3.8, 4) is 5.75 Å². The highest BCUT2D eigenvalue weighted by Gasteiger charge is 2.37. The number of alkyl halides is 6. The number of hydrogen-bond donors (Lipinski definition) is 1. The first kappa shape index (κ1) is 20.5. The van der Waals surface area contributed by atoms with Crippen LogP contribution in [0, 0.1) is 5.82 Å². The van der Waals surface area contributed by atoms with Crippen molar-refractivity contribution < 1.29 is 40.3 Å². The van der Waals surface area contributed by atoms with E-state index in [1.165, 1.54) is 12.1 Å². The molecule has 0 aliphatic rings. The molecule has 0 spiro atoms. The van der Waals surface area contributed by atoms with E-state index in [1.54, 1.807) is 0 Å². The van der Waals surface area contributed by atoms with Gasteiger partial charge in [-0.15, -0.1) is 0 Å². The zero-order chi connectivity index (χ0) is 20.4. The van der Waals surface area contributed by atoms with Gasteiger partial charge in [0, 0.05) is 5.69 Å². The molecule has 1 N–H and O–H groups in total. The van der Waals surface area contributed by atoms with E-state index in [1.807, 2.05) is 0 Å². The molecule has 146 valence electrons. The molecule has 0 aliphatic carbocycles. The Kier molecular flexibility index (Phi) is 5.67. The number of hydrogen-bond acceptors (Lipinski definition) is 2. The molecule has 0 unspecified atom stereocenters. The van der Waals surface area contributed by atoms with Gasteiger partial charge in [0.05, 0.1) is 11.1 Å². The van der Waals surface area contributed by atoms with Crippen LogP contribution in [0.2, 0.25) is 0 Å². The summed E-state index contributed by atoms with van der Waals surface area (Å²) in [5.41, 5.74) is -2.94. The molecule has 0 aromatic heterocycles. The summed E-state index contributed by atoms with van der Waals surface area (Å²) in [5, 5.41) is 2.30. The fourth-order valence-electron chi connectivity index (χ4n) is 2.03. The Labute approximate surface area is 148 Å². The molecule has 0 saturated heterocycles. The summed E-state index contributed by atoms with van der Waals surface area (Å²) in [5.74, 6) is -2.16. The number of ether oxygens (including phenoxy) is 1. The molecule has 0 heterocycles. The van der Waals surface area contributed by atoms with Crippen molar-refractivity contribution in [2.75, 3.05) is 5.32 Å². The number of carbonyl (C=O) groups excluding carboxylic acids is 1. The fraction of sp³-hybridized carbons (Fsp3) is 0.235. The van der Waals surface area contributed by atoms with Gasteiger partial charge in [-0.3, -0.25) is 4.79 Å². The second-order valence-corrected chi connectivity index (χ2v) is 5.50. The lowest BCUT2D eigenvalue weighted by Crippen LogP contribution is -2.30. The molecule has 0 saturated carbocycles. The molecule has 1 amide bonds. The highest BCUT2D eigenvalue weighted by atomic mass is 19.4. The Morgan fingerprint density at radius 2 is 1.41 bits per heavy atom. The van der Waals surface area contributed by atoms with Crippen LogP contribution in [0.5, 0.6) is 5.75 Å². The minimum absolute atomic E-state index is 0.0455. The zero-order valence-electron chi connectivity index (χ0n) is 13.6. The Morgan fingerprint density at radius 3 is 1.85 bits per heavy atom. The maximum Gasteiger partial charge on any atom is 0.416 e. The van der Waals surface area contributed by atoms with Crippen LogP contribution < -0.4 is 10.1 Å². The molecule has 0 fully saturated rings. The molecule has 2 rings (SSSR count). The summed E-state index contributed by atoms with van der Waals surface area (Å²) < 4.78 is 94.7. The Hall–Kier alpha value is -2.78. The van der Waals surface area contributed by atoms with E-state index in [-0.39, 0.29) is 11.8 Å². The average molecular weight is 395 g/mol. The summed E-state index contributed by atoms with van der Waals surface area (Å²) >= 11 is 0. The number of halogens is 7. The number of carbonyl (C=O) groups is 1. The SMILES string of the molecule is C[C@H](Oc1cc(C(F)(F)F)cc(C(F)(F)F)c1)C(=O)Nc1ccc(F)cc1. The lowest BCUT2D eigenvalue weighted by molar-refractivity contribution is -0.143. The number of rotatable bonds is 4. The number of benzene rings is 2. The standard InChI is InChI=1S/C17H12F7NO2/c1-9(15(26)25-13-4-2-12(18)3-5-13)27-14-7-10(16(19,20)21)6-11(8-14)17(22,23)24/h2-9H,1H3,(H,25,26)/t9-/m0/s1. The van der Waals surface area contributed by atoms with Gasteiger partial charge in [-0.1, -0.05) is 0 Å². The van der Waals surface area contributed by atoms with Gasteiger partial charge in [0.15, 0.2) is 6.10 Å². The van der Waals surface area contributed by atoms with E-state index in [0.29, 0.717) is 12.1 Å². The second kappa shape index (κ2) is 7.45. The molecule has 3 nitrogen and oxygen atoms in total. The number of amides is 1. The van der Waals surface area contributed by atoms with Crippen LogP contribution in [0.25, 0.3) is 0 Å². The Morgan fingerprint density at radius 1 is 0.926 bits per heavy atom. The molecule has 1 atom stereocenters. The average Bonchev–Trinajstić information content (AvgIpc) is 2.55. The van der Waals surface area contributed by atoms with Gasteiger partial charge >= 0.3 is 12.4 Å².